The molecule has 0 N–H and O–H groups in total. The number of hydrogen-bond acceptors (Lipinski definition) is 3. The molecule has 3 rings (SSSR count). The highest BCUT2D eigenvalue weighted by molar-refractivity contribution is 8.18. The van der Waals surface area contributed by atoms with Crippen molar-refractivity contribution in [3.05, 3.63) is 35.9 Å². The van der Waals surface area contributed by atoms with Gasteiger partial charge in [-0.1, -0.05) is 30.3 Å². The van der Waals surface area contributed by atoms with E-state index in [-0.39, 0.29) is 10.2 Å². The van der Waals surface area contributed by atoms with E-state index in [1.54, 1.807) is 0 Å². The van der Waals surface area contributed by atoms with Gasteiger partial charge >= 0.3 is 0 Å². The highest BCUT2D eigenvalue weighted by Crippen LogP contribution is 2.58. The van der Waals surface area contributed by atoms with E-state index in [9.17, 15) is 0 Å². The fourth-order valence-corrected chi connectivity index (χ4v) is 6.39. The first kappa shape index (κ1) is 11.9. The lowest BCUT2D eigenvalue weighted by atomic mass is 10.1. The second-order valence-electron chi connectivity index (χ2n) is 4.80. The molecule has 2 heterocycles. The van der Waals surface area contributed by atoms with Crippen LogP contribution < -0.4 is 0 Å². The summed E-state index contributed by atoms with van der Waals surface area (Å²) in [5, 5.41) is 0. The minimum absolute atomic E-state index is 0.272. The van der Waals surface area contributed by atoms with E-state index in [4.69, 9.17) is 4.74 Å². The van der Waals surface area contributed by atoms with Crippen LogP contribution in [-0.4, -0.2) is 21.7 Å². The van der Waals surface area contributed by atoms with Crippen molar-refractivity contribution in [3.63, 3.8) is 0 Å². The normalized spacial score (nSPS) is 31.8. The molecule has 2 saturated heterocycles. The number of thioether (sulfide) groups is 2. The average Bonchev–Trinajstić information content (AvgIpc) is 2.68. The summed E-state index contributed by atoms with van der Waals surface area (Å²) in [6, 6.07) is 10.7. The maximum Gasteiger partial charge on any atom is 0.107 e. The maximum absolute atomic E-state index is 6.20. The lowest BCUT2D eigenvalue weighted by Gasteiger charge is -2.36. The van der Waals surface area contributed by atoms with Crippen LogP contribution in [0.15, 0.2) is 30.3 Å². The van der Waals surface area contributed by atoms with E-state index >= 15 is 0 Å². The predicted octanol–water partition coefficient (Wildman–Crippen LogP) is 4.10. The Kier molecular flexibility index (Phi) is 3.42. The van der Waals surface area contributed by atoms with Crippen LogP contribution >= 0.6 is 23.5 Å². The Morgan fingerprint density at radius 3 is 2.59 bits per heavy atom. The van der Waals surface area contributed by atoms with Crippen LogP contribution in [0.5, 0.6) is 0 Å². The van der Waals surface area contributed by atoms with E-state index in [0.717, 1.165) is 0 Å². The number of hydrogen-bond donors (Lipinski definition) is 0. The van der Waals surface area contributed by atoms with E-state index in [1.165, 1.54) is 29.9 Å². The summed E-state index contributed by atoms with van der Waals surface area (Å²) in [5.74, 6) is 2.57. The van der Waals surface area contributed by atoms with Crippen LogP contribution in [0.25, 0.3) is 0 Å². The van der Waals surface area contributed by atoms with E-state index < -0.39 is 0 Å². The summed E-state index contributed by atoms with van der Waals surface area (Å²) in [6.45, 7) is 2.21. The molecule has 3 heteroatoms. The smallest absolute Gasteiger partial charge is 0.107 e. The van der Waals surface area contributed by atoms with Gasteiger partial charge in [0.1, 0.15) is 6.10 Å². The zero-order valence-electron chi connectivity index (χ0n) is 10.1. The first-order chi connectivity index (χ1) is 8.30. The van der Waals surface area contributed by atoms with Crippen molar-refractivity contribution in [2.24, 2.45) is 0 Å². The Labute approximate surface area is 112 Å². The van der Waals surface area contributed by atoms with Crippen molar-refractivity contribution >= 4 is 23.5 Å². The predicted molar refractivity (Wildman–Crippen MR) is 76.6 cm³/mol. The van der Waals surface area contributed by atoms with Crippen LogP contribution in [0.1, 0.15) is 31.4 Å². The third-order valence-corrected chi connectivity index (χ3v) is 6.86. The summed E-state index contributed by atoms with van der Waals surface area (Å²) < 4.78 is 6.48. The zero-order valence-corrected chi connectivity index (χ0v) is 11.7. The van der Waals surface area contributed by atoms with E-state index in [0.29, 0.717) is 6.10 Å². The summed E-state index contributed by atoms with van der Waals surface area (Å²) in [6.07, 6.45) is 3.18. The molecular weight excluding hydrogens is 248 g/mol. The average molecular weight is 266 g/mol. The molecule has 0 bridgehead atoms. The first-order valence-corrected chi connectivity index (χ1v) is 8.26. The van der Waals surface area contributed by atoms with E-state index in [2.05, 4.69) is 60.8 Å². The minimum atomic E-state index is 0.272. The second-order valence-corrected chi connectivity index (χ2v) is 7.91. The van der Waals surface area contributed by atoms with Crippen molar-refractivity contribution in [1.82, 2.24) is 0 Å². The molecule has 2 atom stereocenters. The Morgan fingerprint density at radius 2 is 1.88 bits per heavy atom. The third kappa shape index (κ3) is 2.25. The molecule has 2 aliphatic rings. The summed E-state index contributed by atoms with van der Waals surface area (Å²) in [4.78, 5) is 0. The molecule has 0 aromatic heterocycles. The number of benzene rings is 1. The monoisotopic (exact) mass is 266 g/mol. The molecule has 0 radical (unpaired) electrons. The standard InChI is InChI=1S/C14H18OS2/c1-11-10-14(16-8-5-9-17-14)13(15-11)12-6-3-2-4-7-12/h2-4,6-7,11,13H,5,8-10H2,1H3/t11-,13-/m0/s1. The van der Waals surface area contributed by atoms with Gasteiger partial charge in [-0.15, -0.1) is 23.5 Å². The molecule has 0 unspecified atom stereocenters. The largest absolute Gasteiger partial charge is 0.368 e. The van der Waals surface area contributed by atoms with Crippen LogP contribution in [0.3, 0.4) is 0 Å². The van der Waals surface area contributed by atoms with Gasteiger partial charge in [-0.2, -0.15) is 0 Å². The molecule has 2 fully saturated rings. The number of ether oxygens (including phenoxy) is 1. The van der Waals surface area contributed by atoms with Gasteiger partial charge in [0.2, 0.25) is 0 Å². The van der Waals surface area contributed by atoms with Crippen LogP contribution in [-0.2, 0) is 4.74 Å². The second kappa shape index (κ2) is 4.87. The first-order valence-electron chi connectivity index (χ1n) is 6.28. The van der Waals surface area contributed by atoms with Crippen molar-refractivity contribution in [3.8, 4) is 0 Å². The Bertz CT molecular complexity index is 373. The molecule has 0 amide bonds. The lowest BCUT2D eigenvalue weighted by molar-refractivity contribution is 0.0546. The van der Waals surface area contributed by atoms with Crippen molar-refractivity contribution in [2.75, 3.05) is 11.5 Å². The highest BCUT2D eigenvalue weighted by atomic mass is 32.2. The Balaban J connectivity index is 1.91. The number of rotatable bonds is 1. The van der Waals surface area contributed by atoms with Crippen LogP contribution in [0.2, 0.25) is 0 Å². The van der Waals surface area contributed by atoms with Gasteiger partial charge in [-0.25, -0.2) is 0 Å². The fraction of sp³-hybridized carbons (Fsp3) is 0.571. The minimum Gasteiger partial charge on any atom is -0.368 e. The molecular formula is C14H18OS2. The Morgan fingerprint density at radius 1 is 1.18 bits per heavy atom. The lowest BCUT2D eigenvalue weighted by Crippen LogP contribution is -2.28. The molecule has 1 nitrogen and oxygen atoms in total. The van der Waals surface area contributed by atoms with Gasteiger partial charge in [0.25, 0.3) is 0 Å². The molecule has 1 aromatic carbocycles. The SMILES string of the molecule is C[C@H]1CC2(SCCCS2)[C@H](c2ccccc2)O1. The molecule has 2 aliphatic heterocycles. The van der Waals surface area contributed by atoms with Gasteiger partial charge in [-0.3, -0.25) is 0 Å². The summed E-state index contributed by atoms with van der Waals surface area (Å²) in [7, 11) is 0. The van der Waals surface area contributed by atoms with Gasteiger partial charge < -0.3 is 4.74 Å². The third-order valence-electron chi connectivity index (χ3n) is 3.42. The van der Waals surface area contributed by atoms with Crippen LogP contribution in [0, 0.1) is 0 Å². The van der Waals surface area contributed by atoms with Crippen molar-refractivity contribution in [2.45, 2.75) is 36.1 Å². The topological polar surface area (TPSA) is 9.23 Å². The summed E-state index contributed by atoms with van der Waals surface area (Å²) >= 11 is 4.24. The molecule has 92 valence electrons. The van der Waals surface area contributed by atoms with Gasteiger partial charge in [-0.05, 0) is 30.4 Å². The molecule has 0 aliphatic carbocycles. The molecule has 1 spiro atoms. The maximum atomic E-state index is 6.20. The fourth-order valence-electron chi connectivity index (χ4n) is 2.71. The quantitative estimate of drug-likeness (QED) is 0.757. The zero-order chi connectivity index (χ0) is 11.7. The van der Waals surface area contributed by atoms with E-state index in [1.807, 2.05) is 0 Å². The highest BCUT2D eigenvalue weighted by Gasteiger charge is 2.49. The summed E-state index contributed by atoms with van der Waals surface area (Å²) in [5.41, 5.74) is 1.35. The Hall–Kier alpha value is -0.120. The molecule has 0 saturated carbocycles. The molecule has 1 aromatic rings. The van der Waals surface area contributed by atoms with Crippen LogP contribution in [0.4, 0.5) is 0 Å². The van der Waals surface area contributed by atoms with Gasteiger partial charge in [0, 0.05) is 6.42 Å². The molecule has 17 heavy (non-hydrogen) atoms. The van der Waals surface area contributed by atoms with Crippen molar-refractivity contribution in [1.29, 1.82) is 0 Å². The van der Waals surface area contributed by atoms with Gasteiger partial charge in [0.15, 0.2) is 0 Å². The van der Waals surface area contributed by atoms with Gasteiger partial charge in [0.05, 0.1) is 10.2 Å². The van der Waals surface area contributed by atoms with Crippen molar-refractivity contribution < 1.29 is 4.74 Å².